The Morgan fingerprint density at radius 3 is 1.92 bits per heavy atom. The molecule has 0 bridgehead atoms. The van der Waals surface area contributed by atoms with Crippen molar-refractivity contribution >= 4 is 23.5 Å². The summed E-state index contributed by atoms with van der Waals surface area (Å²) >= 11 is 0. The summed E-state index contributed by atoms with van der Waals surface area (Å²) in [5.41, 5.74) is 1.03. The van der Waals surface area contributed by atoms with Crippen molar-refractivity contribution in [3.8, 4) is 0 Å². The van der Waals surface area contributed by atoms with Gasteiger partial charge in [-0.05, 0) is 62.0 Å². The highest BCUT2D eigenvalue weighted by Gasteiger charge is 2.50. The maximum Gasteiger partial charge on any atom is 0.243 e. The van der Waals surface area contributed by atoms with E-state index in [2.05, 4.69) is 21.3 Å². The standard InChI is InChI=1S/C40H59N5O7/c1-27(2)22-32(36(47)40(5)26-52-40)42-39(50)34(24-30-14-10-7-11-15-30)44-38(49)33(23-28(3)4)43-37(48)31(17-16-29-12-8-6-9-13-29)41-35(46)25-45-18-20-51-21-19-45/h6-15,27-28,31-34,39,42,50H,16-26H2,1-5H3,(H,41,46)(H,43,48)(H,44,49)/t31-,32-,33-,34-,39-,40+/m0/s1. The molecular formula is C40H59N5O7. The second-order valence-corrected chi connectivity index (χ2v) is 15.2. The second kappa shape index (κ2) is 20.0. The van der Waals surface area contributed by atoms with E-state index in [0.29, 0.717) is 58.6 Å². The smallest absolute Gasteiger partial charge is 0.243 e. The molecule has 2 aliphatic heterocycles. The van der Waals surface area contributed by atoms with Crippen molar-refractivity contribution in [1.82, 2.24) is 26.2 Å². The molecule has 6 atom stereocenters. The van der Waals surface area contributed by atoms with Crippen LogP contribution in [0.25, 0.3) is 0 Å². The number of rotatable bonds is 21. The molecule has 0 saturated carbocycles. The Labute approximate surface area is 308 Å². The molecule has 12 nitrogen and oxygen atoms in total. The fraction of sp³-hybridized carbons (Fsp3) is 0.600. The number of morpholine rings is 1. The lowest BCUT2D eigenvalue weighted by atomic mass is 9.92. The third kappa shape index (κ3) is 13.4. The van der Waals surface area contributed by atoms with Gasteiger partial charge < -0.3 is 30.5 Å². The first kappa shape index (κ1) is 41.1. The predicted molar refractivity (Wildman–Crippen MR) is 199 cm³/mol. The highest BCUT2D eigenvalue weighted by atomic mass is 16.6. The average Bonchev–Trinajstić information content (AvgIpc) is 3.87. The van der Waals surface area contributed by atoms with Crippen LogP contribution in [0.15, 0.2) is 60.7 Å². The largest absolute Gasteiger partial charge is 0.379 e. The number of aliphatic hydroxyl groups is 1. The molecule has 0 unspecified atom stereocenters. The molecule has 12 heteroatoms. The number of ether oxygens (including phenoxy) is 2. The van der Waals surface area contributed by atoms with Gasteiger partial charge in [0.2, 0.25) is 17.7 Å². The van der Waals surface area contributed by atoms with Crippen LogP contribution in [0, 0.1) is 11.8 Å². The number of aliphatic hydroxyl groups excluding tert-OH is 1. The van der Waals surface area contributed by atoms with Gasteiger partial charge in [-0.15, -0.1) is 0 Å². The first-order chi connectivity index (χ1) is 24.8. The number of nitrogens with zero attached hydrogens (tertiary/aromatic N) is 1. The zero-order chi connectivity index (χ0) is 37.7. The highest BCUT2D eigenvalue weighted by molar-refractivity contribution is 5.94. The number of epoxide rings is 1. The number of aryl methyl sites for hydroxylation is 1. The summed E-state index contributed by atoms with van der Waals surface area (Å²) in [4.78, 5) is 56.6. The molecule has 52 heavy (non-hydrogen) atoms. The third-order valence-corrected chi connectivity index (χ3v) is 9.53. The van der Waals surface area contributed by atoms with Crippen molar-refractivity contribution < 1.29 is 33.8 Å². The van der Waals surface area contributed by atoms with E-state index < -0.39 is 47.8 Å². The summed E-state index contributed by atoms with van der Waals surface area (Å²) in [6, 6.07) is 15.9. The molecular weight excluding hydrogens is 662 g/mol. The first-order valence-corrected chi connectivity index (χ1v) is 18.7. The number of carbonyl (C=O) groups excluding carboxylic acids is 4. The lowest BCUT2D eigenvalue weighted by molar-refractivity contribution is -0.133. The van der Waals surface area contributed by atoms with E-state index >= 15 is 0 Å². The number of amides is 3. The van der Waals surface area contributed by atoms with Crippen LogP contribution in [0.3, 0.4) is 0 Å². The van der Waals surface area contributed by atoms with Gasteiger partial charge in [-0.1, -0.05) is 88.4 Å². The van der Waals surface area contributed by atoms with Gasteiger partial charge in [0.1, 0.15) is 23.9 Å². The summed E-state index contributed by atoms with van der Waals surface area (Å²) in [6.45, 7) is 12.5. The van der Waals surface area contributed by atoms with E-state index in [1.165, 1.54) is 0 Å². The maximum absolute atomic E-state index is 14.1. The Balaban J connectivity index is 1.51. The summed E-state index contributed by atoms with van der Waals surface area (Å²) < 4.78 is 10.8. The van der Waals surface area contributed by atoms with Gasteiger partial charge in [0.15, 0.2) is 5.78 Å². The van der Waals surface area contributed by atoms with Crippen LogP contribution in [0.4, 0.5) is 0 Å². The van der Waals surface area contributed by atoms with Crippen molar-refractivity contribution in [2.24, 2.45) is 11.8 Å². The first-order valence-electron chi connectivity index (χ1n) is 18.7. The molecule has 2 saturated heterocycles. The summed E-state index contributed by atoms with van der Waals surface area (Å²) in [5.74, 6) is -1.12. The lowest BCUT2D eigenvalue weighted by Crippen LogP contribution is -2.60. The van der Waals surface area contributed by atoms with E-state index in [1.54, 1.807) is 6.92 Å². The van der Waals surface area contributed by atoms with Crippen LogP contribution >= 0.6 is 0 Å². The van der Waals surface area contributed by atoms with Gasteiger partial charge in [-0.2, -0.15) is 0 Å². The van der Waals surface area contributed by atoms with Gasteiger partial charge in [-0.3, -0.25) is 29.4 Å². The summed E-state index contributed by atoms with van der Waals surface area (Å²) in [6.07, 6.45) is 0.692. The molecule has 2 aromatic rings. The molecule has 0 aromatic heterocycles. The molecule has 5 N–H and O–H groups in total. The SMILES string of the molecule is CC(C)C[C@H](NC(=O)[C@H](CCc1ccccc1)NC(=O)CN1CCOCC1)C(=O)N[C@@H](Cc1ccccc1)[C@H](O)N[C@@H](CC(C)C)C(=O)[C@@]1(C)CO1. The van der Waals surface area contributed by atoms with Gasteiger partial charge in [-0.25, -0.2) is 0 Å². The molecule has 2 aliphatic rings. The van der Waals surface area contributed by atoms with E-state index in [9.17, 15) is 24.3 Å². The molecule has 2 heterocycles. The molecule has 286 valence electrons. The van der Waals surface area contributed by atoms with Gasteiger partial charge in [0, 0.05) is 13.1 Å². The molecule has 2 fully saturated rings. The molecule has 2 aromatic carbocycles. The van der Waals surface area contributed by atoms with Gasteiger partial charge >= 0.3 is 0 Å². The van der Waals surface area contributed by atoms with Crippen LogP contribution < -0.4 is 21.3 Å². The Morgan fingerprint density at radius 1 is 0.788 bits per heavy atom. The Kier molecular flexibility index (Phi) is 15.8. The molecule has 4 rings (SSSR count). The predicted octanol–water partition coefficient (Wildman–Crippen LogP) is 2.38. The van der Waals surface area contributed by atoms with E-state index in [4.69, 9.17) is 9.47 Å². The minimum Gasteiger partial charge on any atom is -0.379 e. The number of carbonyl (C=O) groups is 4. The van der Waals surface area contributed by atoms with Crippen molar-refractivity contribution in [1.29, 1.82) is 0 Å². The zero-order valence-corrected chi connectivity index (χ0v) is 31.4. The number of hydrogen-bond donors (Lipinski definition) is 5. The lowest BCUT2D eigenvalue weighted by Gasteiger charge is -2.32. The summed E-state index contributed by atoms with van der Waals surface area (Å²) in [7, 11) is 0. The summed E-state index contributed by atoms with van der Waals surface area (Å²) in [5, 5.41) is 23.6. The zero-order valence-electron chi connectivity index (χ0n) is 31.4. The van der Waals surface area contributed by atoms with Crippen molar-refractivity contribution in [3.05, 3.63) is 71.8 Å². The van der Waals surface area contributed by atoms with Crippen molar-refractivity contribution in [2.45, 2.75) is 103 Å². The normalized spacial score (nSPS) is 20.4. The van der Waals surface area contributed by atoms with Crippen LogP contribution in [0.5, 0.6) is 0 Å². The third-order valence-electron chi connectivity index (χ3n) is 9.53. The van der Waals surface area contributed by atoms with Gasteiger partial charge in [0.05, 0.1) is 38.4 Å². The van der Waals surface area contributed by atoms with Crippen molar-refractivity contribution in [3.63, 3.8) is 0 Å². The van der Waals surface area contributed by atoms with E-state index in [1.807, 2.05) is 93.3 Å². The number of benzene rings is 2. The van der Waals surface area contributed by atoms with Crippen LogP contribution in [0.2, 0.25) is 0 Å². The number of Topliss-reactive ketones (excluding diaryl/α,β-unsaturated/α-hetero) is 1. The maximum atomic E-state index is 14.1. The van der Waals surface area contributed by atoms with Crippen molar-refractivity contribution in [2.75, 3.05) is 39.5 Å². The molecule has 0 aliphatic carbocycles. The topological polar surface area (TPSA) is 162 Å². The van der Waals surface area contributed by atoms with Crippen LogP contribution in [0.1, 0.15) is 65.0 Å². The van der Waals surface area contributed by atoms with E-state index in [0.717, 1.165) is 11.1 Å². The molecule has 0 radical (unpaired) electrons. The number of hydrogen-bond acceptors (Lipinski definition) is 9. The average molecular weight is 722 g/mol. The number of nitrogens with one attached hydrogen (secondary N) is 4. The van der Waals surface area contributed by atoms with Crippen LogP contribution in [-0.4, -0.2) is 109 Å². The van der Waals surface area contributed by atoms with E-state index in [-0.39, 0.29) is 36.5 Å². The Morgan fingerprint density at radius 2 is 1.35 bits per heavy atom. The fourth-order valence-electron chi connectivity index (χ4n) is 6.46. The Hall–Kier alpha value is -3.68. The Bertz CT molecular complexity index is 1430. The monoisotopic (exact) mass is 721 g/mol. The second-order valence-electron chi connectivity index (χ2n) is 15.2. The molecule has 0 spiro atoms. The van der Waals surface area contributed by atoms with Gasteiger partial charge in [0.25, 0.3) is 0 Å². The minimum absolute atomic E-state index is 0.0395. The minimum atomic E-state index is -1.28. The molecule has 3 amide bonds. The highest BCUT2D eigenvalue weighted by Crippen LogP contribution is 2.30. The fourth-order valence-corrected chi connectivity index (χ4v) is 6.46. The number of ketones is 1. The quantitative estimate of drug-likeness (QED) is 0.0964. The van der Waals surface area contributed by atoms with Crippen LogP contribution in [-0.2, 0) is 41.5 Å².